The van der Waals surface area contributed by atoms with Crippen LogP contribution in [-0.4, -0.2) is 11.9 Å². The molecule has 36 heavy (non-hydrogen) atoms. The summed E-state index contributed by atoms with van der Waals surface area (Å²) in [7, 11) is 0. The van der Waals surface area contributed by atoms with Crippen molar-refractivity contribution in [3.05, 3.63) is 109 Å². The lowest BCUT2D eigenvalue weighted by atomic mass is 9.99. The first-order chi connectivity index (χ1) is 17.2. The number of carbonyl (C=O) groups is 2. The molecular formula is C31H26O5. The summed E-state index contributed by atoms with van der Waals surface area (Å²) in [6.07, 6.45) is 0. The van der Waals surface area contributed by atoms with Gasteiger partial charge in [0.1, 0.15) is 23.0 Å². The van der Waals surface area contributed by atoms with E-state index in [0.717, 1.165) is 33.6 Å². The molecule has 0 aliphatic carbocycles. The van der Waals surface area contributed by atoms with Crippen LogP contribution >= 0.6 is 0 Å². The first-order valence-electron chi connectivity index (χ1n) is 11.4. The lowest BCUT2D eigenvalue weighted by Crippen LogP contribution is -2.07. The van der Waals surface area contributed by atoms with E-state index in [4.69, 9.17) is 13.9 Å². The Morgan fingerprint density at radius 2 is 1.11 bits per heavy atom. The van der Waals surface area contributed by atoms with E-state index in [-0.39, 0.29) is 0 Å². The highest BCUT2D eigenvalue weighted by molar-refractivity contribution is 5.89. The quantitative estimate of drug-likeness (QED) is 0.156. The molecule has 0 N–H and O–H groups in total. The maximum atomic E-state index is 11.7. The number of benzene rings is 3. The molecule has 0 unspecified atom stereocenters. The summed E-state index contributed by atoms with van der Waals surface area (Å²) in [5.41, 5.74) is 5.67. The van der Waals surface area contributed by atoms with Crippen LogP contribution in [0.3, 0.4) is 0 Å². The van der Waals surface area contributed by atoms with Gasteiger partial charge in [0.05, 0.1) is 0 Å². The van der Waals surface area contributed by atoms with Crippen molar-refractivity contribution in [1.29, 1.82) is 0 Å². The minimum absolute atomic E-state index is 0.345. The van der Waals surface area contributed by atoms with Gasteiger partial charge in [-0.1, -0.05) is 43.5 Å². The van der Waals surface area contributed by atoms with Gasteiger partial charge in [-0.05, 0) is 86.0 Å². The number of rotatable bonds is 7. The lowest BCUT2D eigenvalue weighted by Gasteiger charge is -2.09. The highest BCUT2D eigenvalue weighted by Crippen LogP contribution is 2.33. The molecule has 0 spiro atoms. The van der Waals surface area contributed by atoms with E-state index in [2.05, 4.69) is 19.2 Å². The molecule has 0 saturated carbocycles. The highest BCUT2D eigenvalue weighted by atomic mass is 16.5. The Bertz CT molecular complexity index is 1450. The van der Waals surface area contributed by atoms with Gasteiger partial charge in [0.25, 0.3) is 0 Å². The van der Waals surface area contributed by atoms with Gasteiger partial charge in [0, 0.05) is 22.3 Å². The van der Waals surface area contributed by atoms with Crippen LogP contribution in [0.25, 0.3) is 33.8 Å². The summed E-state index contributed by atoms with van der Waals surface area (Å²) in [4.78, 5) is 23.4. The van der Waals surface area contributed by atoms with Gasteiger partial charge in [0.2, 0.25) is 0 Å². The third-order valence-electron chi connectivity index (χ3n) is 5.54. The van der Waals surface area contributed by atoms with Crippen molar-refractivity contribution >= 4 is 11.9 Å². The van der Waals surface area contributed by atoms with Crippen LogP contribution in [0.1, 0.15) is 19.4 Å². The van der Waals surface area contributed by atoms with Crippen molar-refractivity contribution in [2.45, 2.75) is 20.8 Å². The highest BCUT2D eigenvalue weighted by Gasteiger charge is 2.12. The second kappa shape index (κ2) is 10.3. The van der Waals surface area contributed by atoms with Crippen LogP contribution in [-0.2, 0) is 9.59 Å². The Hall–Kier alpha value is -4.64. The normalized spacial score (nSPS) is 10.5. The molecule has 5 nitrogen and oxygen atoms in total. The number of ether oxygens (including phenoxy) is 2. The van der Waals surface area contributed by atoms with Gasteiger partial charge in [-0.3, -0.25) is 0 Å². The lowest BCUT2D eigenvalue weighted by molar-refractivity contribution is -0.130. The average Bonchev–Trinajstić information content (AvgIpc) is 3.34. The molecule has 1 heterocycles. The van der Waals surface area contributed by atoms with Gasteiger partial charge < -0.3 is 13.9 Å². The topological polar surface area (TPSA) is 65.7 Å². The fourth-order valence-electron chi connectivity index (χ4n) is 3.55. The molecule has 4 rings (SSSR count). The molecule has 5 heteroatoms. The Morgan fingerprint density at radius 3 is 1.61 bits per heavy atom. The molecule has 180 valence electrons. The van der Waals surface area contributed by atoms with E-state index >= 15 is 0 Å². The first-order valence-corrected chi connectivity index (χ1v) is 11.4. The summed E-state index contributed by atoms with van der Waals surface area (Å²) in [6.45, 7) is 12.4. The third kappa shape index (κ3) is 5.53. The average molecular weight is 479 g/mol. The van der Waals surface area contributed by atoms with Crippen molar-refractivity contribution in [3.8, 4) is 45.3 Å². The molecule has 0 amide bonds. The van der Waals surface area contributed by atoms with Gasteiger partial charge in [-0.15, -0.1) is 0 Å². The van der Waals surface area contributed by atoms with Crippen molar-refractivity contribution in [3.63, 3.8) is 0 Å². The zero-order valence-corrected chi connectivity index (χ0v) is 20.5. The van der Waals surface area contributed by atoms with Gasteiger partial charge in [0.15, 0.2) is 0 Å². The Labute approximate surface area is 210 Å². The summed E-state index contributed by atoms with van der Waals surface area (Å²) in [5, 5.41) is 0. The molecule has 4 aromatic rings. The predicted octanol–water partition coefficient (Wildman–Crippen LogP) is 7.55. The maximum absolute atomic E-state index is 11.7. The Morgan fingerprint density at radius 1 is 0.639 bits per heavy atom. The summed E-state index contributed by atoms with van der Waals surface area (Å²) in [6, 6.07) is 24.5. The molecular weight excluding hydrogens is 452 g/mol. The van der Waals surface area contributed by atoms with Gasteiger partial charge in [-0.2, -0.15) is 0 Å². The van der Waals surface area contributed by atoms with Gasteiger partial charge in [-0.25, -0.2) is 9.59 Å². The Balaban J connectivity index is 1.49. The van der Waals surface area contributed by atoms with Crippen LogP contribution in [0.4, 0.5) is 0 Å². The van der Waals surface area contributed by atoms with Crippen LogP contribution in [0, 0.1) is 6.92 Å². The minimum Gasteiger partial charge on any atom is -0.456 e. The number of aryl methyl sites for hydroxylation is 1. The van der Waals surface area contributed by atoms with Crippen LogP contribution in [0.5, 0.6) is 11.5 Å². The van der Waals surface area contributed by atoms with Crippen LogP contribution < -0.4 is 9.47 Å². The monoisotopic (exact) mass is 478 g/mol. The van der Waals surface area contributed by atoms with Crippen LogP contribution in [0.2, 0.25) is 0 Å². The summed E-state index contributed by atoms with van der Waals surface area (Å²) >= 11 is 0. The van der Waals surface area contributed by atoms with Crippen molar-refractivity contribution < 1.29 is 23.5 Å². The fraction of sp³-hybridized carbons (Fsp3) is 0.0968. The van der Waals surface area contributed by atoms with Crippen molar-refractivity contribution in [1.82, 2.24) is 0 Å². The molecule has 1 aromatic heterocycles. The van der Waals surface area contributed by atoms with E-state index in [1.54, 1.807) is 38.1 Å². The summed E-state index contributed by atoms with van der Waals surface area (Å²) in [5.74, 6) is 1.50. The van der Waals surface area contributed by atoms with E-state index in [0.29, 0.717) is 28.4 Å². The molecule has 0 aliphatic rings. The number of esters is 2. The number of hydrogen-bond acceptors (Lipinski definition) is 5. The van der Waals surface area contributed by atoms with Crippen molar-refractivity contribution in [2.24, 2.45) is 0 Å². The molecule has 0 fully saturated rings. The standard InChI is InChI=1S/C31H26O5/c1-19(2)30(32)34-25-11-6-22(7-12-25)24-10-15-27(21(5)18-24)29-17-16-28(36-29)23-8-13-26(14-9-23)35-31(33)20(3)4/h6-18H,1,3H2,2,4-5H3. The molecule has 0 saturated heterocycles. The van der Waals surface area contributed by atoms with E-state index in [1.165, 1.54) is 0 Å². The zero-order valence-electron chi connectivity index (χ0n) is 20.5. The second-order valence-electron chi connectivity index (χ2n) is 8.58. The largest absolute Gasteiger partial charge is 0.456 e. The molecule has 0 radical (unpaired) electrons. The molecule has 0 atom stereocenters. The first kappa shape index (κ1) is 24.5. The van der Waals surface area contributed by atoms with Crippen LogP contribution in [0.15, 0.2) is 108 Å². The van der Waals surface area contributed by atoms with Gasteiger partial charge >= 0.3 is 11.9 Å². The zero-order chi connectivity index (χ0) is 25.8. The van der Waals surface area contributed by atoms with Crippen molar-refractivity contribution in [2.75, 3.05) is 0 Å². The third-order valence-corrected chi connectivity index (χ3v) is 5.54. The summed E-state index contributed by atoms with van der Waals surface area (Å²) < 4.78 is 16.6. The molecule has 0 bridgehead atoms. The second-order valence-corrected chi connectivity index (χ2v) is 8.58. The number of hydrogen-bond donors (Lipinski definition) is 0. The smallest absolute Gasteiger partial charge is 0.338 e. The van der Waals surface area contributed by atoms with E-state index in [1.807, 2.05) is 55.5 Å². The van der Waals surface area contributed by atoms with E-state index < -0.39 is 11.9 Å². The number of furan rings is 1. The predicted molar refractivity (Wildman–Crippen MR) is 141 cm³/mol. The maximum Gasteiger partial charge on any atom is 0.338 e. The number of carbonyl (C=O) groups excluding carboxylic acids is 2. The minimum atomic E-state index is -0.455. The SMILES string of the molecule is C=C(C)C(=O)Oc1ccc(-c2ccc(-c3ccc(-c4ccc(OC(=O)C(=C)C)cc4)o3)c(C)c2)cc1. The molecule has 0 aliphatic heterocycles. The Kier molecular flexibility index (Phi) is 7.02. The van der Waals surface area contributed by atoms with E-state index in [9.17, 15) is 9.59 Å². The molecule has 3 aromatic carbocycles. The fourth-order valence-corrected chi connectivity index (χ4v) is 3.55.